The van der Waals surface area contributed by atoms with Crippen molar-refractivity contribution in [3.8, 4) is 6.07 Å². The molecular formula is C13H16N2O2S. The fourth-order valence-corrected chi connectivity index (χ4v) is 2.74. The zero-order valence-corrected chi connectivity index (χ0v) is 11.0. The molecule has 96 valence electrons. The van der Waals surface area contributed by atoms with Gasteiger partial charge in [-0.25, -0.2) is 0 Å². The van der Waals surface area contributed by atoms with E-state index in [2.05, 4.69) is 16.8 Å². The molecule has 0 atom stereocenters. The van der Waals surface area contributed by atoms with Crippen LogP contribution in [0.5, 0.6) is 0 Å². The van der Waals surface area contributed by atoms with Crippen LogP contribution in [0.4, 0.5) is 0 Å². The van der Waals surface area contributed by atoms with Crippen LogP contribution in [0.25, 0.3) is 0 Å². The molecule has 2 rings (SSSR count). The second kappa shape index (κ2) is 5.98. The van der Waals surface area contributed by atoms with E-state index in [0.717, 1.165) is 6.42 Å². The summed E-state index contributed by atoms with van der Waals surface area (Å²) < 4.78 is 5.21. The zero-order chi connectivity index (χ0) is 12.8. The van der Waals surface area contributed by atoms with Crippen LogP contribution >= 0.6 is 11.3 Å². The largest absolute Gasteiger partial charge is 0.381 e. The number of nitrogens with zero attached hydrogens (tertiary/aromatic N) is 1. The number of ether oxygens (including phenoxy) is 1. The molecular weight excluding hydrogens is 248 g/mol. The van der Waals surface area contributed by atoms with E-state index in [1.54, 1.807) is 11.3 Å². The molecule has 18 heavy (non-hydrogen) atoms. The molecule has 1 aromatic rings. The molecule has 5 heteroatoms. The van der Waals surface area contributed by atoms with Gasteiger partial charge < -0.3 is 10.1 Å². The Bertz CT molecular complexity index is 430. The van der Waals surface area contributed by atoms with Gasteiger partial charge in [0, 0.05) is 19.8 Å². The van der Waals surface area contributed by atoms with E-state index in [9.17, 15) is 10.1 Å². The zero-order valence-electron chi connectivity index (χ0n) is 10.1. The van der Waals surface area contributed by atoms with Gasteiger partial charge in [0.05, 0.1) is 6.07 Å². The number of nitrogens with one attached hydrogen (secondary N) is 1. The number of hydrogen-bond donors (Lipinski definition) is 1. The predicted molar refractivity (Wildman–Crippen MR) is 69.1 cm³/mol. The Morgan fingerprint density at radius 1 is 1.56 bits per heavy atom. The Labute approximate surface area is 111 Å². The Kier molecular flexibility index (Phi) is 4.34. The average Bonchev–Trinajstić information content (AvgIpc) is 2.92. The van der Waals surface area contributed by atoms with Crippen LogP contribution in [0.15, 0.2) is 16.8 Å². The fourth-order valence-electron chi connectivity index (χ4n) is 2.03. The first-order valence-electron chi connectivity index (χ1n) is 6.05. The highest BCUT2D eigenvalue weighted by Crippen LogP contribution is 2.29. The molecule has 4 nitrogen and oxygen atoms in total. The van der Waals surface area contributed by atoms with Crippen LogP contribution in [0.1, 0.15) is 18.4 Å². The first kappa shape index (κ1) is 13.1. The molecule has 0 radical (unpaired) electrons. The second-order valence-corrected chi connectivity index (χ2v) is 5.22. The summed E-state index contributed by atoms with van der Waals surface area (Å²) in [7, 11) is 0. The summed E-state index contributed by atoms with van der Waals surface area (Å²) in [5, 5.41) is 16.2. The second-order valence-electron chi connectivity index (χ2n) is 4.44. The smallest absolute Gasteiger partial charge is 0.240 e. The van der Waals surface area contributed by atoms with Crippen LogP contribution in [-0.2, 0) is 16.0 Å². The van der Waals surface area contributed by atoms with E-state index in [-0.39, 0.29) is 5.91 Å². The molecule has 1 aliphatic heterocycles. The third kappa shape index (κ3) is 2.89. The molecule has 2 heterocycles. The van der Waals surface area contributed by atoms with Crippen molar-refractivity contribution in [2.75, 3.05) is 19.8 Å². The molecule has 0 unspecified atom stereocenters. The lowest BCUT2D eigenvalue weighted by atomic mass is 9.81. The van der Waals surface area contributed by atoms with Crippen molar-refractivity contribution in [1.82, 2.24) is 5.32 Å². The number of carbonyl (C=O) groups is 1. The summed E-state index contributed by atoms with van der Waals surface area (Å²) in [5.74, 6) is -0.150. The molecule has 1 amide bonds. The minimum Gasteiger partial charge on any atom is -0.381 e. The standard InChI is InChI=1S/C13H16N2O2S/c14-10-13(3-6-17-7-4-13)12(16)15-5-1-11-2-8-18-9-11/h2,8-9H,1,3-7H2,(H,15,16). The molecule has 1 saturated heterocycles. The van der Waals surface area contributed by atoms with Gasteiger partial charge in [-0.2, -0.15) is 16.6 Å². The molecule has 1 fully saturated rings. The lowest BCUT2D eigenvalue weighted by Gasteiger charge is -2.29. The van der Waals surface area contributed by atoms with Gasteiger partial charge >= 0.3 is 0 Å². The molecule has 0 spiro atoms. The van der Waals surface area contributed by atoms with E-state index in [1.807, 2.05) is 11.4 Å². The molecule has 0 aliphatic carbocycles. The van der Waals surface area contributed by atoms with Crippen LogP contribution in [0.2, 0.25) is 0 Å². The number of hydrogen-bond acceptors (Lipinski definition) is 4. The van der Waals surface area contributed by atoms with Crippen LogP contribution in [0, 0.1) is 16.7 Å². The van der Waals surface area contributed by atoms with Gasteiger partial charge in [-0.15, -0.1) is 0 Å². The molecule has 1 aliphatic rings. The van der Waals surface area contributed by atoms with E-state index in [0.29, 0.717) is 32.6 Å². The summed E-state index contributed by atoms with van der Waals surface area (Å²) in [6, 6.07) is 4.22. The highest BCUT2D eigenvalue weighted by Gasteiger charge is 2.40. The van der Waals surface area contributed by atoms with Crippen LogP contribution < -0.4 is 5.32 Å². The Hall–Kier alpha value is -1.38. The van der Waals surface area contributed by atoms with E-state index >= 15 is 0 Å². The maximum atomic E-state index is 12.1. The monoisotopic (exact) mass is 264 g/mol. The molecule has 0 bridgehead atoms. The quantitative estimate of drug-likeness (QED) is 0.900. The minimum absolute atomic E-state index is 0.150. The van der Waals surface area contributed by atoms with Crippen molar-refractivity contribution in [2.24, 2.45) is 5.41 Å². The highest BCUT2D eigenvalue weighted by atomic mass is 32.1. The van der Waals surface area contributed by atoms with Crippen molar-refractivity contribution >= 4 is 17.2 Å². The maximum Gasteiger partial charge on any atom is 0.240 e. The Morgan fingerprint density at radius 3 is 2.94 bits per heavy atom. The first-order valence-corrected chi connectivity index (χ1v) is 6.99. The summed E-state index contributed by atoms with van der Waals surface area (Å²) in [5.41, 5.74) is 0.339. The van der Waals surface area contributed by atoms with Crippen molar-refractivity contribution in [2.45, 2.75) is 19.3 Å². The highest BCUT2D eigenvalue weighted by molar-refractivity contribution is 7.07. The van der Waals surface area contributed by atoms with Gasteiger partial charge in [-0.3, -0.25) is 4.79 Å². The van der Waals surface area contributed by atoms with Gasteiger partial charge in [-0.05, 0) is 41.7 Å². The maximum absolute atomic E-state index is 12.1. The number of nitriles is 1. The van der Waals surface area contributed by atoms with Crippen LogP contribution in [0.3, 0.4) is 0 Å². The molecule has 0 aromatic carbocycles. The van der Waals surface area contributed by atoms with E-state index < -0.39 is 5.41 Å². The van der Waals surface area contributed by atoms with Gasteiger partial charge in [0.15, 0.2) is 0 Å². The lowest BCUT2D eigenvalue weighted by Crippen LogP contribution is -2.44. The fraction of sp³-hybridized carbons (Fsp3) is 0.538. The average molecular weight is 264 g/mol. The van der Waals surface area contributed by atoms with E-state index in [4.69, 9.17) is 4.74 Å². The van der Waals surface area contributed by atoms with Gasteiger partial charge in [-0.1, -0.05) is 0 Å². The van der Waals surface area contributed by atoms with Gasteiger partial charge in [0.1, 0.15) is 5.41 Å². The third-order valence-corrected chi connectivity index (χ3v) is 4.01. The Balaban J connectivity index is 1.84. The number of carbonyl (C=O) groups excluding carboxylic acids is 1. The van der Waals surface area contributed by atoms with Gasteiger partial charge in [0.2, 0.25) is 5.91 Å². The lowest BCUT2D eigenvalue weighted by molar-refractivity contribution is -0.132. The number of thiophene rings is 1. The summed E-state index contributed by atoms with van der Waals surface area (Å²) >= 11 is 1.65. The van der Waals surface area contributed by atoms with Crippen molar-refractivity contribution in [1.29, 1.82) is 5.26 Å². The summed E-state index contributed by atoms with van der Waals surface area (Å²) in [6.07, 6.45) is 1.80. The predicted octanol–water partition coefficient (Wildman–Crippen LogP) is 1.73. The van der Waals surface area contributed by atoms with Crippen molar-refractivity contribution in [3.63, 3.8) is 0 Å². The van der Waals surface area contributed by atoms with E-state index in [1.165, 1.54) is 5.56 Å². The Morgan fingerprint density at radius 2 is 2.33 bits per heavy atom. The minimum atomic E-state index is -0.882. The van der Waals surface area contributed by atoms with Crippen molar-refractivity contribution in [3.05, 3.63) is 22.4 Å². The molecule has 1 aromatic heterocycles. The van der Waals surface area contributed by atoms with Gasteiger partial charge in [0.25, 0.3) is 0 Å². The third-order valence-electron chi connectivity index (χ3n) is 3.27. The first-order chi connectivity index (χ1) is 8.77. The topological polar surface area (TPSA) is 62.1 Å². The number of amides is 1. The number of rotatable bonds is 4. The molecule has 1 N–H and O–H groups in total. The summed E-state index contributed by atoms with van der Waals surface area (Å²) in [6.45, 7) is 1.57. The van der Waals surface area contributed by atoms with Crippen LogP contribution in [-0.4, -0.2) is 25.7 Å². The van der Waals surface area contributed by atoms with Crippen molar-refractivity contribution < 1.29 is 9.53 Å². The summed E-state index contributed by atoms with van der Waals surface area (Å²) in [4.78, 5) is 12.1. The molecule has 0 saturated carbocycles. The normalized spacial score (nSPS) is 17.9. The SMILES string of the molecule is N#CC1(C(=O)NCCc2ccsc2)CCOCC1.